The van der Waals surface area contributed by atoms with Crippen molar-refractivity contribution in [1.29, 1.82) is 0 Å². The highest BCUT2D eigenvalue weighted by Gasteiger charge is 2.19. The van der Waals surface area contributed by atoms with E-state index in [0.717, 1.165) is 4.57 Å². The van der Waals surface area contributed by atoms with Crippen LogP contribution < -0.4 is 0 Å². The molecule has 0 N–H and O–H groups in total. The van der Waals surface area contributed by atoms with Crippen molar-refractivity contribution >= 4 is 17.0 Å². The Morgan fingerprint density at radius 2 is 2.14 bits per heavy atom. The maximum atomic E-state index is 13.2. The Hall–Kier alpha value is -2.77. The number of imidazole rings is 1. The number of benzene rings is 1. The van der Waals surface area contributed by atoms with E-state index in [1.54, 1.807) is 31.3 Å². The quantitative estimate of drug-likeness (QED) is 0.695. The average molecular weight is 306 g/mol. The summed E-state index contributed by atoms with van der Waals surface area (Å²) in [6.45, 7) is -3.10. The van der Waals surface area contributed by atoms with Crippen LogP contribution >= 0.6 is 0 Å². The molecule has 0 spiro atoms. The highest BCUT2D eigenvalue weighted by Crippen LogP contribution is 2.23. The average Bonchev–Trinajstić information content (AvgIpc) is 3.07. The van der Waals surface area contributed by atoms with Gasteiger partial charge in [0.05, 0.1) is 22.8 Å². The van der Waals surface area contributed by atoms with Crippen molar-refractivity contribution in [3.05, 3.63) is 48.0 Å². The number of hydrogen-bond acceptors (Lipinski definition) is 4. The lowest BCUT2D eigenvalue weighted by atomic mass is 10.3. The highest BCUT2D eigenvalue weighted by molar-refractivity contribution is 5.88. The van der Waals surface area contributed by atoms with Gasteiger partial charge in [0.2, 0.25) is 0 Å². The van der Waals surface area contributed by atoms with Crippen LogP contribution in [0.15, 0.2) is 36.7 Å². The van der Waals surface area contributed by atoms with Gasteiger partial charge in [0.1, 0.15) is 6.61 Å². The fraction of sp³-hybridized carbons (Fsp3) is 0.214. The van der Waals surface area contributed by atoms with Crippen molar-refractivity contribution in [3.8, 4) is 0 Å². The van der Waals surface area contributed by atoms with E-state index in [2.05, 4.69) is 10.1 Å². The van der Waals surface area contributed by atoms with E-state index in [4.69, 9.17) is 4.74 Å². The zero-order valence-corrected chi connectivity index (χ0v) is 11.6. The molecule has 1 aromatic carbocycles. The summed E-state index contributed by atoms with van der Waals surface area (Å²) in [5.74, 6) is -0.644. The highest BCUT2D eigenvalue weighted by atomic mass is 19.3. The topological polar surface area (TPSA) is 61.9 Å². The normalized spacial score (nSPS) is 11.3. The van der Waals surface area contributed by atoms with Crippen LogP contribution in [0.5, 0.6) is 0 Å². The van der Waals surface area contributed by atoms with Gasteiger partial charge >= 0.3 is 12.5 Å². The second-order valence-electron chi connectivity index (χ2n) is 4.64. The molecule has 0 saturated carbocycles. The van der Waals surface area contributed by atoms with Gasteiger partial charge in [0.15, 0.2) is 5.82 Å². The summed E-state index contributed by atoms with van der Waals surface area (Å²) in [5, 5.41) is 3.85. The van der Waals surface area contributed by atoms with Crippen molar-refractivity contribution in [2.75, 3.05) is 0 Å². The van der Waals surface area contributed by atoms with Crippen molar-refractivity contribution in [1.82, 2.24) is 19.3 Å². The summed E-state index contributed by atoms with van der Waals surface area (Å²) in [7, 11) is 1.66. The van der Waals surface area contributed by atoms with Crippen LogP contribution in [0.2, 0.25) is 0 Å². The molecule has 2 heterocycles. The summed E-state index contributed by atoms with van der Waals surface area (Å²) in [6, 6.07) is 6.52. The molecule has 0 saturated heterocycles. The molecule has 0 radical (unpaired) electrons. The lowest BCUT2D eigenvalue weighted by molar-refractivity contribution is 0.0387. The number of rotatable bonds is 4. The smallest absolute Gasteiger partial charge is 0.341 e. The van der Waals surface area contributed by atoms with E-state index in [1.165, 1.54) is 17.1 Å². The Labute approximate surface area is 123 Å². The van der Waals surface area contributed by atoms with E-state index < -0.39 is 12.5 Å². The maximum Gasteiger partial charge on any atom is 0.341 e. The number of fused-ring (bicyclic) bond motifs is 1. The van der Waals surface area contributed by atoms with Gasteiger partial charge < -0.3 is 4.74 Å². The van der Waals surface area contributed by atoms with Gasteiger partial charge in [0, 0.05) is 13.2 Å². The predicted octanol–water partition coefficient (Wildman–Crippen LogP) is 2.52. The van der Waals surface area contributed by atoms with E-state index in [0.29, 0.717) is 11.0 Å². The van der Waals surface area contributed by atoms with Gasteiger partial charge in [-0.2, -0.15) is 13.9 Å². The van der Waals surface area contributed by atoms with Crippen molar-refractivity contribution in [3.63, 3.8) is 0 Å². The molecule has 3 rings (SSSR count). The van der Waals surface area contributed by atoms with E-state index in [-0.39, 0.29) is 18.0 Å². The first-order chi connectivity index (χ1) is 10.6. The third kappa shape index (κ3) is 2.54. The number of halogens is 2. The molecular formula is C14H12F2N4O2. The van der Waals surface area contributed by atoms with Crippen molar-refractivity contribution in [2.45, 2.75) is 13.2 Å². The van der Waals surface area contributed by atoms with Crippen LogP contribution in [0.25, 0.3) is 11.0 Å². The maximum absolute atomic E-state index is 13.2. The predicted molar refractivity (Wildman–Crippen MR) is 73.3 cm³/mol. The first-order valence-electron chi connectivity index (χ1n) is 6.46. The summed E-state index contributed by atoms with van der Waals surface area (Å²) in [4.78, 5) is 15.9. The lowest BCUT2D eigenvalue weighted by Gasteiger charge is -2.08. The minimum atomic E-state index is -2.76. The van der Waals surface area contributed by atoms with E-state index in [1.807, 2.05) is 0 Å². The van der Waals surface area contributed by atoms with Crippen LogP contribution in [0.1, 0.15) is 22.7 Å². The Balaban J connectivity index is 1.84. The molecule has 6 nitrogen and oxygen atoms in total. The molecule has 2 aromatic heterocycles. The van der Waals surface area contributed by atoms with Crippen LogP contribution in [0.3, 0.4) is 0 Å². The lowest BCUT2D eigenvalue weighted by Crippen LogP contribution is -2.10. The number of nitrogens with zero attached hydrogens (tertiary/aromatic N) is 4. The fourth-order valence-electron chi connectivity index (χ4n) is 2.15. The zero-order valence-electron chi connectivity index (χ0n) is 11.6. The fourth-order valence-corrected chi connectivity index (χ4v) is 2.15. The Bertz CT molecular complexity index is 825. The number of aryl methyl sites for hydroxylation is 1. The number of ether oxygens (including phenoxy) is 1. The van der Waals surface area contributed by atoms with Crippen molar-refractivity contribution in [2.24, 2.45) is 7.05 Å². The van der Waals surface area contributed by atoms with Gasteiger partial charge in [-0.1, -0.05) is 12.1 Å². The summed E-state index contributed by atoms with van der Waals surface area (Å²) in [6.07, 6.45) is 2.83. The second-order valence-corrected chi connectivity index (χ2v) is 4.64. The van der Waals surface area contributed by atoms with Gasteiger partial charge in [-0.15, -0.1) is 0 Å². The number of esters is 1. The molecule has 0 aliphatic heterocycles. The minimum absolute atomic E-state index is 0.00607. The molecule has 0 amide bonds. The van der Waals surface area contributed by atoms with Gasteiger partial charge in [-0.25, -0.2) is 9.78 Å². The number of carbonyl (C=O) groups is 1. The van der Waals surface area contributed by atoms with Crippen molar-refractivity contribution < 1.29 is 18.3 Å². The Morgan fingerprint density at radius 1 is 1.36 bits per heavy atom. The Morgan fingerprint density at radius 3 is 2.82 bits per heavy atom. The first-order valence-corrected chi connectivity index (χ1v) is 6.46. The first kappa shape index (κ1) is 14.2. The molecule has 8 heteroatoms. The van der Waals surface area contributed by atoms with Gasteiger partial charge in [-0.05, 0) is 12.1 Å². The number of alkyl halides is 2. The van der Waals surface area contributed by atoms with Gasteiger partial charge in [-0.3, -0.25) is 9.25 Å². The SMILES string of the molecule is Cn1cc(C(=O)OCc2nc3ccccc3n2C(F)F)cn1. The van der Waals surface area contributed by atoms with Gasteiger partial charge in [0.25, 0.3) is 0 Å². The zero-order chi connectivity index (χ0) is 15.7. The molecule has 0 unspecified atom stereocenters. The molecule has 0 bridgehead atoms. The van der Waals surface area contributed by atoms with Crippen LogP contribution in [-0.2, 0) is 18.4 Å². The summed E-state index contributed by atoms with van der Waals surface area (Å²) >= 11 is 0. The standard InChI is InChI=1S/C14H12F2N4O2/c1-19-7-9(6-17-19)13(21)22-8-12-18-10-4-2-3-5-11(10)20(12)14(15)16/h2-7,14H,8H2,1H3. The number of carbonyl (C=O) groups excluding carboxylic acids is 1. The third-order valence-electron chi connectivity index (χ3n) is 3.14. The largest absolute Gasteiger partial charge is 0.454 e. The van der Waals surface area contributed by atoms with E-state index >= 15 is 0 Å². The van der Waals surface area contributed by atoms with Crippen LogP contribution in [0, 0.1) is 0 Å². The van der Waals surface area contributed by atoms with E-state index in [9.17, 15) is 13.6 Å². The molecule has 22 heavy (non-hydrogen) atoms. The molecule has 0 aliphatic carbocycles. The number of aromatic nitrogens is 4. The second kappa shape index (κ2) is 5.55. The molecule has 0 fully saturated rings. The number of hydrogen-bond donors (Lipinski definition) is 0. The minimum Gasteiger partial charge on any atom is -0.454 e. The van der Waals surface area contributed by atoms with Crippen LogP contribution in [-0.4, -0.2) is 25.3 Å². The molecule has 0 atom stereocenters. The Kier molecular flexibility index (Phi) is 3.58. The third-order valence-corrected chi connectivity index (χ3v) is 3.14. The summed E-state index contributed by atoms with van der Waals surface area (Å²) < 4.78 is 33.7. The summed E-state index contributed by atoms with van der Waals surface area (Å²) in [5.41, 5.74) is 0.974. The molecule has 114 valence electrons. The van der Waals surface area contributed by atoms with Crippen LogP contribution in [0.4, 0.5) is 8.78 Å². The number of para-hydroxylation sites is 2. The molecule has 0 aliphatic rings. The monoisotopic (exact) mass is 306 g/mol. The molecule has 3 aromatic rings. The molecular weight excluding hydrogens is 294 g/mol.